The molecule has 2 saturated heterocycles. The van der Waals surface area contributed by atoms with E-state index in [0.29, 0.717) is 43.6 Å². The molecule has 0 aromatic carbocycles. The number of anilines is 1. The van der Waals surface area contributed by atoms with Crippen molar-refractivity contribution in [3.05, 3.63) is 24.0 Å². The SMILES string of the molecule is CCOC(=O)N1CCN(C(=O)c2cccn2-c2nnc(N3CCCC3)s2)CC1. The number of ether oxygens (including phenoxy) is 1. The van der Waals surface area contributed by atoms with Gasteiger partial charge in [0.05, 0.1) is 6.61 Å². The molecule has 0 atom stereocenters. The van der Waals surface area contributed by atoms with Crippen LogP contribution in [0.15, 0.2) is 18.3 Å². The maximum atomic E-state index is 13.0. The second-order valence-corrected chi connectivity index (χ2v) is 7.74. The minimum atomic E-state index is -0.318. The van der Waals surface area contributed by atoms with Crippen molar-refractivity contribution < 1.29 is 14.3 Å². The third kappa shape index (κ3) is 3.68. The molecular weight excluding hydrogens is 380 g/mol. The number of hydrogen-bond acceptors (Lipinski definition) is 7. The van der Waals surface area contributed by atoms with E-state index in [1.54, 1.807) is 27.4 Å². The summed E-state index contributed by atoms with van der Waals surface area (Å²) >= 11 is 1.50. The lowest BCUT2D eigenvalue weighted by molar-refractivity contribution is 0.0564. The second kappa shape index (κ2) is 8.17. The third-order valence-electron chi connectivity index (χ3n) is 5.05. The molecule has 0 aliphatic carbocycles. The van der Waals surface area contributed by atoms with E-state index in [0.717, 1.165) is 18.2 Å². The Balaban J connectivity index is 1.44. The Morgan fingerprint density at radius 2 is 1.71 bits per heavy atom. The maximum absolute atomic E-state index is 13.0. The lowest BCUT2D eigenvalue weighted by atomic mass is 10.3. The van der Waals surface area contributed by atoms with E-state index in [1.165, 1.54) is 24.2 Å². The van der Waals surface area contributed by atoms with Crippen molar-refractivity contribution in [2.45, 2.75) is 19.8 Å². The summed E-state index contributed by atoms with van der Waals surface area (Å²) < 4.78 is 6.84. The number of nitrogens with zero attached hydrogens (tertiary/aromatic N) is 6. The van der Waals surface area contributed by atoms with Crippen LogP contribution in [0.1, 0.15) is 30.3 Å². The van der Waals surface area contributed by atoms with E-state index in [-0.39, 0.29) is 12.0 Å². The van der Waals surface area contributed by atoms with Crippen molar-refractivity contribution in [3.63, 3.8) is 0 Å². The van der Waals surface area contributed by atoms with Crippen LogP contribution in [-0.4, -0.2) is 82.4 Å². The van der Waals surface area contributed by atoms with E-state index < -0.39 is 0 Å². The Hall–Kier alpha value is -2.62. The number of amides is 2. The molecule has 4 heterocycles. The Labute approximate surface area is 167 Å². The van der Waals surface area contributed by atoms with E-state index >= 15 is 0 Å². The smallest absolute Gasteiger partial charge is 0.409 e. The number of aromatic nitrogens is 3. The van der Waals surface area contributed by atoms with Gasteiger partial charge in [-0.3, -0.25) is 9.36 Å². The highest BCUT2D eigenvalue weighted by molar-refractivity contribution is 7.17. The van der Waals surface area contributed by atoms with Gasteiger partial charge in [-0.15, -0.1) is 10.2 Å². The first-order valence-corrected chi connectivity index (χ1v) is 10.5. The molecule has 2 aliphatic rings. The van der Waals surface area contributed by atoms with Gasteiger partial charge in [0.1, 0.15) is 5.69 Å². The molecule has 150 valence electrons. The van der Waals surface area contributed by atoms with E-state index in [9.17, 15) is 9.59 Å². The lowest BCUT2D eigenvalue weighted by Crippen LogP contribution is -2.51. The Bertz CT molecular complexity index is 836. The third-order valence-corrected chi connectivity index (χ3v) is 6.03. The molecule has 2 aliphatic heterocycles. The van der Waals surface area contributed by atoms with Gasteiger partial charge in [-0.2, -0.15) is 0 Å². The normalized spacial score (nSPS) is 17.2. The monoisotopic (exact) mass is 404 g/mol. The van der Waals surface area contributed by atoms with Gasteiger partial charge < -0.3 is 19.4 Å². The molecule has 10 heteroatoms. The molecule has 0 saturated carbocycles. The van der Waals surface area contributed by atoms with Gasteiger partial charge >= 0.3 is 6.09 Å². The molecule has 2 fully saturated rings. The van der Waals surface area contributed by atoms with Gasteiger partial charge in [-0.25, -0.2) is 4.79 Å². The molecule has 4 rings (SSSR count). The fraction of sp³-hybridized carbons (Fsp3) is 0.556. The Morgan fingerprint density at radius 1 is 1.04 bits per heavy atom. The highest BCUT2D eigenvalue weighted by Gasteiger charge is 2.27. The summed E-state index contributed by atoms with van der Waals surface area (Å²) in [5.41, 5.74) is 0.564. The van der Waals surface area contributed by atoms with Gasteiger partial charge in [0.15, 0.2) is 0 Å². The molecule has 9 nitrogen and oxygen atoms in total. The van der Waals surface area contributed by atoms with Crippen LogP contribution in [0, 0.1) is 0 Å². The molecule has 0 unspecified atom stereocenters. The number of piperazine rings is 1. The standard InChI is InChI=1S/C18H24N6O3S/c1-2-27-18(26)23-12-10-21(11-13-23)15(25)14-6-5-9-24(14)17-20-19-16(28-17)22-7-3-4-8-22/h5-6,9H,2-4,7-8,10-13H2,1H3. The largest absolute Gasteiger partial charge is 0.450 e. The second-order valence-electron chi connectivity index (χ2n) is 6.80. The molecule has 2 aromatic rings. The zero-order valence-corrected chi connectivity index (χ0v) is 16.7. The van der Waals surface area contributed by atoms with Crippen LogP contribution >= 0.6 is 11.3 Å². The van der Waals surface area contributed by atoms with Gasteiger partial charge in [-0.05, 0) is 31.9 Å². The average molecular weight is 404 g/mol. The fourth-order valence-electron chi connectivity index (χ4n) is 3.53. The summed E-state index contributed by atoms with van der Waals surface area (Å²) in [6.45, 7) is 6.08. The summed E-state index contributed by atoms with van der Waals surface area (Å²) in [6.07, 6.45) is 3.89. The minimum Gasteiger partial charge on any atom is -0.450 e. The molecule has 0 spiro atoms. The number of carbonyl (C=O) groups excluding carboxylic acids is 2. The van der Waals surface area contributed by atoms with Crippen molar-refractivity contribution in [2.24, 2.45) is 0 Å². The summed E-state index contributed by atoms with van der Waals surface area (Å²) in [6, 6.07) is 3.65. The predicted molar refractivity (Wildman–Crippen MR) is 105 cm³/mol. The van der Waals surface area contributed by atoms with Gasteiger partial charge in [0, 0.05) is 45.5 Å². The van der Waals surface area contributed by atoms with Crippen molar-refractivity contribution in [2.75, 3.05) is 50.8 Å². The molecular formula is C18H24N6O3S. The van der Waals surface area contributed by atoms with Crippen LogP contribution in [0.5, 0.6) is 0 Å². The number of rotatable bonds is 4. The van der Waals surface area contributed by atoms with Crippen LogP contribution in [0.3, 0.4) is 0 Å². The van der Waals surface area contributed by atoms with Crippen LogP contribution in [0.2, 0.25) is 0 Å². The van der Waals surface area contributed by atoms with E-state index in [4.69, 9.17) is 4.74 Å². The summed E-state index contributed by atoms with van der Waals surface area (Å²) in [5.74, 6) is -0.0635. The highest BCUT2D eigenvalue weighted by Crippen LogP contribution is 2.27. The molecule has 28 heavy (non-hydrogen) atoms. The van der Waals surface area contributed by atoms with E-state index in [1.807, 2.05) is 12.3 Å². The molecule has 0 N–H and O–H groups in total. The van der Waals surface area contributed by atoms with Gasteiger partial charge in [0.25, 0.3) is 5.91 Å². The van der Waals surface area contributed by atoms with E-state index in [2.05, 4.69) is 15.1 Å². The predicted octanol–water partition coefficient (Wildman–Crippen LogP) is 1.84. The zero-order valence-electron chi connectivity index (χ0n) is 15.9. The highest BCUT2D eigenvalue weighted by atomic mass is 32.1. The molecule has 2 amide bonds. The summed E-state index contributed by atoms with van der Waals surface area (Å²) in [7, 11) is 0. The first kappa shape index (κ1) is 18.7. The summed E-state index contributed by atoms with van der Waals surface area (Å²) in [4.78, 5) is 30.5. The first-order valence-electron chi connectivity index (χ1n) is 9.64. The first-order chi connectivity index (χ1) is 13.7. The van der Waals surface area contributed by atoms with Crippen LogP contribution in [-0.2, 0) is 4.74 Å². The lowest BCUT2D eigenvalue weighted by Gasteiger charge is -2.34. The van der Waals surface area contributed by atoms with Crippen LogP contribution in [0.25, 0.3) is 5.13 Å². The topological polar surface area (TPSA) is 83.8 Å². The van der Waals surface area contributed by atoms with Crippen molar-refractivity contribution in [1.29, 1.82) is 0 Å². The Kier molecular flexibility index (Phi) is 5.47. The van der Waals surface area contributed by atoms with Crippen molar-refractivity contribution in [1.82, 2.24) is 24.6 Å². The van der Waals surface area contributed by atoms with Crippen molar-refractivity contribution in [3.8, 4) is 5.13 Å². The molecule has 2 aromatic heterocycles. The van der Waals surface area contributed by atoms with Crippen LogP contribution in [0.4, 0.5) is 9.93 Å². The average Bonchev–Trinajstić information content (AvgIpc) is 3.48. The zero-order chi connectivity index (χ0) is 19.5. The van der Waals surface area contributed by atoms with Crippen LogP contribution < -0.4 is 4.90 Å². The maximum Gasteiger partial charge on any atom is 0.409 e. The summed E-state index contributed by atoms with van der Waals surface area (Å²) in [5, 5.41) is 10.2. The van der Waals surface area contributed by atoms with Gasteiger partial charge in [-0.1, -0.05) is 11.3 Å². The minimum absolute atomic E-state index is 0.0635. The van der Waals surface area contributed by atoms with Gasteiger partial charge in [0.2, 0.25) is 10.3 Å². The Morgan fingerprint density at radius 3 is 2.43 bits per heavy atom. The van der Waals surface area contributed by atoms with Crippen molar-refractivity contribution >= 4 is 28.5 Å². The molecule has 0 radical (unpaired) electrons. The quantitative estimate of drug-likeness (QED) is 0.773. The molecule has 0 bridgehead atoms. The number of hydrogen-bond donors (Lipinski definition) is 0. The fourth-order valence-corrected chi connectivity index (χ4v) is 4.43. The number of carbonyl (C=O) groups is 2.